The second kappa shape index (κ2) is 7.89. The minimum Gasteiger partial charge on any atom is -0.368 e. The summed E-state index contributed by atoms with van der Waals surface area (Å²) in [6.07, 6.45) is 2.33. The maximum atomic E-state index is 13.1. The zero-order valence-electron chi connectivity index (χ0n) is 16.6. The van der Waals surface area contributed by atoms with Gasteiger partial charge in [-0.3, -0.25) is 9.59 Å². The summed E-state index contributed by atoms with van der Waals surface area (Å²) >= 11 is 0. The summed E-state index contributed by atoms with van der Waals surface area (Å²) in [6.45, 7) is 6.35. The Balaban J connectivity index is 1.96. The van der Waals surface area contributed by atoms with Gasteiger partial charge in [0.15, 0.2) is 0 Å². The smallest absolute Gasteiger partial charge is 0.254 e. The molecule has 0 aliphatic rings. The third-order valence-corrected chi connectivity index (χ3v) is 4.98. The first-order valence-corrected chi connectivity index (χ1v) is 9.54. The van der Waals surface area contributed by atoms with E-state index in [1.165, 1.54) is 0 Å². The minimum absolute atomic E-state index is 0.220. The first-order valence-electron chi connectivity index (χ1n) is 9.54. The Kier molecular flexibility index (Phi) is 5.54. The Bertz CT molecular complexity index is 992. The van der Waals surface area contributed by atoms with Crippen LogP contribution in [0.25, 0.3) is 10.9 Å². The highest BCUT2D eigenvalue weighted by Gasteiger charge is 2.34. The van der Waals surface area contributed by atoms with Crippen molar-refractivity contribution in [1.29, 1.82) is 0 Å². The van der Waals surface area contributed by atoms with E-state index < -0.39 is 11.4 Å². The lowest BCUT2D eigenvalue weighted by Crippen LogP contribution is -2.56. The van der Waals surface area contributed by atoms with Crippen LogP contribution < -0.4 is 11.1 Å². The van der Waals surface area contributed by atoms with Crippen LogP contribution in [0.1, 0.15) is 43.1 Å². The summed E-state index contributed by atoms with van der Waals surface area (Å²) < 4.78 is 2.06. The Morgan fingerprint density at radius 3 is 2.36 bits per heavy atom. The fourth-order valence-corrected chi connectivity index (χ4v) is 3.69. The molecular weight excluding hydrogens is 350 g/mol. The molecule has 1 unspecified atom stereocenters. The number of nitrogens with zero attached hydrogens (tertiary/aromatic N) is 1. The number of amides is 2. The summed E-state index contributed by atoms with van der Waals surface area (Å²) in [7, 11) is 0. The summed E-state index contributed by atoms with van der Waals surface area (Å²) in [6, 6.07) is 17.9. The minimum atomic E-state index is -1.09. The van der Waals surface area contributed by atoms with E-state index in [9.17, 15) is 9.59 Å². The molecule has 0 bridgehead atoms. The largest absolute Gasteiger partial charge is 0.368 e. The van der Waals surface area contributed by atoms with E-state index in [1.54, 1.807) is 6.92 Å². The third-order valence-electron chi connectivity index (χ3n) is 4.98. The zero-order valence-corrected chi connectivity index (χ0v) is 16.6. The van der Waals surface area contributed by atoms with Gasteiger partial charge in [0.05, 0.1) is 5.56 Å². The lowest BCUT2D eigenvalue weighted by molar-refractivity contribution is -0.124. The van der Waals surface area contributed by atoms with Gasteiger partial charge < -0.3 is 15.6 Å². The molecule has 5 nitrogen and oxygen atoms in total. The molecule has 3 aromatic rings. The van der Waals surface area contributed by atoms with Crippen LogP contribution in [0.5, 0.6) is 0 Å². The molecular formula is C23H27N3O2. The van der Waals surface area contributed by atoms with Gasteiger partial charge in [0.25, 0.3) is 5.91 Å². The molecule has 28 heavy (non-hydrogen) atoms. The van der Waals surface area contributed by atoms with E-state index in [0.29, 0.717) is 18.5 Å². The van der Waals surface area contributed by atoms with Crippen molar-refractivity contribution in [3.8, 4) is 0 Å². The average molecular weight is 377 g/mol. The Morgan fingerprint density at radius 2 is 1.71 bits per heavy atom. The number of aromatic nitrogens is 1. The van der Waals surface area contributed by atoms with Crippen LogP contribution in [0.15, 0.2) is 60.8 Å². The highest BCUT2D eigenvalue weighted by Crippen LogP contribution is 2.24. The number of rotatable bonds is 7. The van der Waals surface area contributed by atoms with Crippen LogP contribution in [-0.4, -0.2) is 21.9 Å². The van der Waals surface area contributed by atoms with Gasteiger partial charge in [-0.05, 0) is 30.9 Å². The number of benzene rings is 2. The predicted octanol–water partition coefficient (Wildman–Crippen LogP) is 3.71. The van der Waals surface area contributed by atoms with Crippen LogP contribution in [0.2, 0.25) is 0 Å². The third kappa shape index (κ3) is 4.09. The molecule has 0 spiro atoms. The number of nitrogens with two attached hydrogens (primary N) is 1. The lowest BCUT2D eigenvalue weighted by Gasteiger charge is -2.29. The molecule has 0 aliphatic heterocycles. The topological polar surface area (TPSA) is 77.1 Å². The number of primary amides is 1. The summed E-state index contributed by atoms with van der Waals surface area (Å²) in [5.74, 6) is -0.593. The molecule has 1 aromatic heterocycles. The quantitative estimate of drug-likeness (QED) is 0.658. The maximum Gasteiger partial charge on any atom is 0.254 e. The number of para-hydroxylation sites is 1. The zero-order chi connectivity index (χ0) is 20.3. The van der Waals surface area contributed by atoms with Crippen LogP contribution in [0.4, 0.5) is 0 Å². The number of hydrogen-bond acceptors (Lipinski definition) is 2. The fraction of sp³-hybridized carbons (Fsp3) is 0.304. The number of carbonyl (C=O) groups is 2. The van der Waals surface area contributed by atoms with Crippen LogP contribution >= 0.6 is 0 Å². The lowest BCUT2D eigenvalue weighted by atomic mass is 9.89. The van der Waals surface area contributed by atoms with Gasteiger partial charge in [-0.1, -0.05) is 62.4 Å². The van der Waals surface area contributed by atoms with Crippen molar-refractivity contribution >= 4 is 22.7 Å². The van der Waals surface area contributed by atoms with E-state index in [0.717, 1.165) is 16.5 Å². The van der Waals surface area contributed by atoms with Crippen molar-refractivity contribution in [2.45, 2.75) is 39.3 Å². The summed E-state index contributed by atoms with van der Waals surface area (Å²) in [5, 5.41) is 3.74. The molecule has 0 saturated heterocycles. The van der Waals surface area contributed by atoms with Crippen molar-refractivity contribution in [3.05, 3.63) is 71.9 Å². The molecule has 0 saturated carbocycles. The molecule has 3 rings (SSSR count). The molecule has 2 aromatic carbocycles. The van der Waals surface area contributed by atoms with Crippen LogP contribution in [0, 0.1) is 5.92 Å². The molecule has 1 heterocycles. The molecule has 2 amide bonds. The number of hydrogen-bond donors (Lipinski definition) is 2. The highest BCUT2D eigenvalue weighted by molar-refractivity contribution is 6.08. The first kappa shape index (κ1) is 19.7. The summed E-state index contributed by atoms with van der Waals surface area (Å²) in [5.41, 5.74) is 7.18. The SMILES string of the molecule is CC(C)CC(C)(NC(=O)c1cn(Cc2ccccc2)c2ccccc12)C(N)=O. The van der Waals surface area contributed by atoms with Crippen molar-refractivity contribution < 1.29 is 9.59 Å². The van der Waals surface area contributed by atoms with E-state index in [4.69, 9.17) is 5.73 Å². The molecule has 0 aliphatic carbocycles. The summed E-state index contributed by atoms with van der Waals surface area (Å²) in [4.78, 5) is 25.1. The Hall–Kier alpha value is -3.08. The van der Waals surface area contributed by atoms with Gasteiger partial charge in [0, 0.05) is 23.6 Å². The Labute approximate surface area is 165 Å². The van der Waals surface area contributed by atoms with Gasteiger partial charge in [0.2, 0.25) is 5.91 Å². The molecule has 0 fully saturated rings. The van der Waals surface area contributed by atoms with E-state index in [2.05, 4.69) is 22.0 Å². The van der Waals surface area contributed by atoms with Crippen molar-refractivity contribution in [2.75, 3.05) is 0 Å². The average Bonchev–Trinajstić information content (AvgIpc) is 3.00. The molecule has 3 N–H and O–H groups in total. The molecule has 1 atom stereocenters. The monoisotopic (exact) mass is 377 g/mol. The van der Waals surface area contributed by atoms with Crippen LogP contribution in [-0.2, 0) is 11.3 Å². The van der Waals surface area contributed by atoms with Crippen molar-refractivity contribution in [3.63, 3.8) is 0 Å². The van der Waals surface area contributed by atoms with Crippen molar-refractivity contribution in [2.24, 2.45) is 11.7 Å². The first-order chi connectivity index (χ1) is 13.3. The van der Waals surface area contributed by atoms with Gasteiger partial charge in [-0.25, -0.2) is 0 Å². The maximum absolute atomic E-state index is 13.1. The van der Waals surface area contributed by atoms with Gasteiger partial charge in [0.1, 0.15) is 5.54 Å². The number of carbonyl (C=O) groups excluding carboxylic acids is 2. The predicted molar refractivity (Wildman–Crippen MR) is 112 cm³/mol. The molecule has 146 valence electrons. The van der Waals surface area contributed by atoms with E-state index in [1.807, 2.05) is 62.5 Å². The van der Waals surface area contributed by atoms with E-state index >= 15 is 0 Å². The Morgan fingerprint density at radius 1 is 1.07 bits per heavy atom. The standard InChI is InChI=1S/C23H27N3O2/c1-16(2)13-23(3,22(24)28)25-21(27)19-15-26(14-17-9-5-4-6-10-17)20-12-8-7-11-18(19)20/h4-12,15-16H,13-14H2,1-3H3,(H2,24,28)(H,25,27). The number of nitrogens with one attached hydrogen (secondary N) is 1. The number of fused-ring (bicyclic) bond motifs is 1. The van der Waals surface area contributed by atoms with Gasteiger partial charge in [-0.2, -0.15) is 0 Å². The van der Waals surface area contributed by atoms with E-state index in [-0.39, 0.29) is 11.8 Å². The fourth-order valence-electron chi connectivity index (χ4n) is 3.69. The molecule has 0 radical (unpaired) electrons. The van der Waals surface area contributed by atoms with Crippen molar-refractivity contribution in [1.82, 2.24) is 9.88 Å². The van der Waals surface area contributed by atoms with Crippen LogP contribution in [0.3, 0.4) is 0 Å². The molecule has 5 heteroatoms. The highest BCUT2D eigenvalue weighted by atomic mass is 16.2. The van der Waals surface area contributed by atoms with Gasteiger partial charge in [-0.15, -0.1) is 0 Å². The second-order valence-electron chi connectivity index (χ2n) is 7.92. The normalized spacial score (nSPS) is 13.4. The second-order valence-corrected chi connectivity index (χ2v) is 7.92. The van der Waals surface area contributed by atoms with Gasteiger partial charge >= 0.3 is 0 Å².